The van der Waals surface area contributed by atoms with Crippen LogP contribution in [0.3, 0.4) is 0 Å². The molecular weight excluding hydrogens is 376 g/mol. The number of methoxy groups -OCH3 is 1. The van der Waals surface area contributed by atoms with E-state index in [9.17, 15) is 9.90 Å². The van der Waals surface area contributed by atoms with Gasteiger partial charge in [0, 0.05) is 5.56 Å². The number of rotatable bonds is 4. The lowest BCUT2D eigenvalue weighted by Crippen LogP contribution is -2.23. The average molecular weight is 398 g/mol. The fourth-order valence-electron chi connectivity index (χ4n) is 3.48. The quantitative estimate of drug-likeness (QED) is 0.532. The van der Waals surface area contributed by atoms with E-state index in [1.165, 1.54) is 7.11 Å². The number of hydrogen-bond acceptors (Lipinski definition) is 4. The molecule has 0 saturated carbocycles. The van der Waals surface area contributed by atoms with Gasteiger partial charge in [0.15, 0.2) is 11.5 Å². The molecule has 0 bridgehead atoms. The molecule has 0 fully saturated rings. The molecule has 0 radical (unpaired) electrons. The van der Waals surface area contributed by atoms with Gasteiger partial charge >= 0.3 is 0 Å². The molecule has 3 aromatic carbocycles. The van der Waals surface area contributed by atoms with E-state index in [4.69, 9.17) is 9.72 Å². The molecular formula is C25H22N2O3. The van der Waals surface area contributed by atoms with Crippen LogP contribution in [0, 0.1) is 13.8 Å². The van der Waals surface area contributed by atoms with Crippen LogP contribution in [0.25, 0.3) is 28.7 Å². The normalized spacial score (nSPS) is 11.3. The Morgan fingerprint density at radius 2 is 1.73 bits per heavy atom. The number of nitrogens with zero attached hydrogens (tertiary/aromatic N) is 2. The van der Waals surface area contributed by atoms with Gasteiger partial charge < -0.3 is 9.84 Å². The average Bonchev–Trinajstić information content (AvgIpc) is 2.75. The van der Waals surface area contributed by atoms with Gasteiger partial charge in [0.1, 0.15) is 5.82 Å². The van der Waals surface area contributed by atoms with E-state index in [-0.39, 0.29) is 11.3 Å². The van der Waals surface area contributed by atoms with E-state index < -0.39 is 0 Å². The Hall–Kier alpha value is -3.86. The van der Waals surface area contributed by atoms with Gasteiger partial charge in [0.05, 0.1) is 23.7 Å². The third kappa shape index (κ3) is 3.35. The van der Waals surface area contributed by atoms with Crippen molar-refractivity contribution in [3.05, 3.63) is 93.5 Å². The standard InChI is InChI=1S/C25H22N2O3/c1-16-8-6-12-21(17(16)2)27-23(26-20-11-5-4-10-19(20)25(27)29)15-14-18-9-7-13-22(30-3)24(18)28/h4-15,28H,1-3H3. The molecule has 4 aromatic rings. The van der Waals surface area contributed by atoms with Gasteiger partial charge in [-0.15, -0.1) is 0 Å². The van der Waals surface area contributed by atoms with Crippen LogP contribution >= 0.6 is 0 Å². The molecule has 0 aliphatic heterocycles. The van der Waals surface area contributed by atoms with Crippen molar-refractivity contribution in [3.8, 4) is 17.2 Å². The summed E-state index contributed by atoms with van der Waals surface area (Å²) in [4.78, 5) is 18.1. The third-order valence-corrected chi connectivity index (χ3v) is 5.28. The van der Waals surface area contributed by atoms with Gasteiger partial charge in [-0.2, -0.15) is 0 Å². The van der Waals surface area contributed by atoms with E-state index in [0.29, 0.717) is 28.0 Å². The Kier molecular flexibility index (Phi) is 5.11. The number of phenolic OH excluding ortho intramolecular Hbond substituents is 1. The molecule has 1 N–H and O–H groups in total. The van der Waals surface area contributed by atoms with Crippen molar-refractivity contribution < 1.29 is 9.84 Å². The maximum Gasteiger partial charge on any atom is 0.266 e. The number of phenols is 1. The molecule has 0 spiro atoms. The Morgan fingerprint density at radius 3 is 2.53 bits per heavy atom. The van der Waals surface area contributed by atoms with Crippen LogP contribution in [0.2, 0.25) is 0 Å². The van der Waals surface area contributed by atoms with E-state index >= 15 is 0 Å². The van der Waals surface area contributed by atoms with Crippen molar-refractivity contribution in [2.45, 2.75) is 13.8 Å². The number of ether oxygens (including phenoxy) is 1. The topological polar surface area (TPSA) is 64.3 Å². The van der Waals surface area contributed by atoms with Gasteiger partial charge in [0.25, 0.3) is 5.56 Å². The van der Waals surface area contributed by atoms with Crippen molar-refractivity contribution in [2.75, 3.05) is 7.11 Å². The summed E-state index contributed by atoms with van der Waals surface area (Å²) in [7, 11) is 1.51. The first-order valence-electron chi connectivity index (χ1n) is 9.63. The Bertz CT molecular complexity index is 1340. The SMILES string of the molecule is COc1cccc(C=Cc2nc3ccccc3c(=O)n2-c2cccc(C)c2C)c1O. The van der Waals surface area contributed by atoms with Crippen molar-refractivity contribution in [1.82, 2.24) is 9.55 Å². The third-order valence-electron chi connectivity index (χ3n) is 5.28. The lowest BCUT2D eigenvalue weighted by molar-refractivity contribution is 0.373. The number of hydrogen-bond donors (Lipinski definition) is 1. The number of fused-ring (bicyclic) bond motifs is 1. The number of benzene rings is 3. The highest BCUT2D eigenvalue weighted by Crippen LogP contribution is 2.30. The second-order valence-electron chi connectivity index (χ2n) is 7.08. The van der Waals surface area contributed by atoms with E-state index in [1.807, 2.05) is 50.2 Å². The summed E-state index contributed by atoms with van der Waals surface area (Å²) < 4.78 is 6.81. The maximum absolute atomic E-state index is 13.4. The van der Waals surface area contributed by atoms with Gasteiger partial charge in [-0.05, 0) is 61.4 Å². The molecule has 0 amide bonds. The Labute approximate surface area is 174 Å². The zero-order chi connectivity index (χ0) is 21.3. The highest BCUT2D eigenvalue weighted by atomic mass is 16.5. The van der Waals surface area contributed by atoms with Crippen molar-refractivity contribution in [2.24, 2.45) is 0 Å². The molecule has 1 aromatic heterocycles. The highest BCUT2D eigenvalue weighted by Gasteiger charge is 2.14. The monoisotopic (exact) mass is 398 g/mol. The fourth-order valence-corrected chi connectivity index (χ4v) is 3.48. The number of para-hydroxylation sites is 2. The molecule has 0 unspecified atom stereocenters. The van der Waals surface area contributed by atoms with Gasteiger partial charge in [0.2, 0.25) is 0 Å². The predicted molar refractivity (Wildman–Crippen MR) is 120 cm³/mol. The molecule has 0 aliphatic rings. The summed E-state index contributed by atoms with van der Waals surface area (Å²) in [5.74, 6) is 0.905. The van der Waals surface area contributed by atoms with Crippen LogP contribution in [0.15, 0.2) is 65.5 Å². The summed E-state index contributed by atoms with van der Waals surface area (Å²) in [6.45, 7) is 4.01. The highest BCUT2D eigenvalue weighted by molar-refractivity contribution is 5.80. The summed E-state index contributed by atoms with van der Waals surface area (Å²) >= 11 is 0. The number of aryl methyl sites for hydroxylation is 1. The molecule has 5 nitrogen and oxygen atoms in total. The predicted octanol–water partition coefficient (Wildman–Crippen LogP) is 4.89. The second kappa shape index (κ2) is 7.87. The van der Waals surface area contributed by atoms with E-state index in [0.717, 1.165) is 16.8 Å². The minimum absolute atomic E-state index is 0.0395. The number of aromatic nitrogens is 2. The molecule has 0 saturated heterocycles. The van der Waals surface area contributed by atoms with Gasteiger partial charge in [-0.1, -0.05) is 36.4 Å². The van der Waals surface area contributed by atoms with Crippen LogP contribution < -0.4 is 10.3 Å². The van der Waals surface area contributed by atoms with Crippen molar-refractivity contribution in [1.29, 1.82) is 0 Å². The minimum atomic E-state index is -0.135. The smallest absolute Gasteiger partial charge is 0.266 e. The fraction of sp³-hybridized carbons (Fsp3) is 0.120. The van der Waals surface area contributed by atoms with Gasteiger partial charge in [-0.25, -0.2) is 4.98 Å². The lowest BCUT2D eigenvalue weighted by atomic mass is 10.1. The molecule has 30 heavy (non-hydrogen) atoms. The maximum atomic E-state index is 13.4. The van der Waals surface area contributed by atoms with Gasteiger partial charge in [-0.3, -0.25) is 9.36 Å². The first-order valence-corrected chi connectivity index (χ1v) is 9.63. The Balaban J connectivity index is 1.97. The molecule has 0 aliphatic carbocycles. The largest absolute Gasteiger partial charge is 0.504 e. The van der Waals surface area contributed by atoms with Crippen LogP contribution in [0.5, 0.6) is 11.5 Å². The summed E-state index contributed by atoms with van der Waals surface area (Å²) in [6, 6.07) is 18.4. The summed E-state index contributed by atoms with van der Waals surface area (Å²) in [5.41, 5.74) is 3.95. The van der Waals surface area contributed by atoms with Crippen LogP contribution in [0.4, 0.5) is 0 Å². The van der Waals surface area contributed by atoms with Crippen molar-refractivity contribution in [3.63, 3.8) is 0 Å². The van der Waals surface area contributed by atoms with Crippen LogP contribution in [-0.2, 0) is 0 Å². The zero-order valence-electron chi connectivity index (χ0n) is 17.1. The van der Waals surface area contributed by atoms with Crippen molar-refractivity contribution >= 4 is 23.1 Å². The minimum Gasteiger partial charge on any atom is -0.504 e. The summed E-state index contributed by atoms with van der Waals surface area (Å²) in [5, 5.41) is 11.0. The molecule has 150 valence electrons. The van der Waals surface area contributed by atoms with E-state index in [2.05, 4.69) is 0 Å². The summed E-state index contributed by atoms with van der Waals surface area (Å²) in [6.07, 6.45) is 3.47. The van der Waals surface area contributed by atoms with Crippen LogP contribution in [0.1, 0.15) is 22.5 Å². The van der Waals surface area contributed by atoms with E-state index in [1.54, 1.807) is 41.0 Å². The molecule has 0 atom stereocenters. The first kappa shape index (κ1) is 19.5. The second-order valence-corrected chi connectivity index (χ2v) is 7.08. The number of aromatic hydroxyl groups is 1. The molecule has 5 heteroatoms. The zero-order valence-corrected chi connectivity index (χ0v) is 17.1. The van der Waals surface area contributed by atoms with Crippen LogP contribution in [-0.4, -0.2) is 21.8 Å². The first-order chi connectivity index (χ1) is 14.5. The Morgan fingerprint density at radius 1 is 0.967 bits per heavy atom. The molecule has 4 rings (SSSR count). The lowest BCUT2D eigenvalue weighted by Gasteiger charge is -2.15. The molecule has 1 heterocycles.